The van der Waals surface area contributed by atoms with E-state index in [0.29, 0.717) is 22.2 Å². The Labute approximate surface area is 92.1 Å². The molecule has 2 aromatic heterocycles. The van der Waals surface area contributed by atoms with Gasteiger partial charge in [-0.05, 0) is 6.07 Å². The molecule has 2 heterocycles. The fourth-order valence-corrected chi connectivity index (χ4v) is 1.67. The van der Waals surface area contributed by atoms with Crippen LogP contribution in [0.25, 0.3) is 17.1 Å². The van der Waals surface area contributed by atoms with Crippen molar-refractivity contribution in [2.24, 2.45) is 7.05 Å². The molecule has 2 aromatic rings. The molecule has 0 aliphatic rings. The normalized spacial score (nSPS) is 10.0. The first-order valence-corrected chi connectivity index (χ1v) is 4.70. The Morgan fingerprint density at radius 1 is 1.56 bits per heavy atom. The van der Waals surface area contributed by atoms with E-state index in [2.05, 4.69) is 11.6 Å². The molecule has 0 N–H and O–H groups in total. The van der Waals surface area contributed by atoms with Crippen molar-refractivity contribution >= 4 is 17.1 Å². The second-order valence-electron chi connectivity index (χ2n) is 3.37. The fourth-order valence-electron chi connectivity index (χ4n) is 1.67. The topological polar surface area (TPSA) is 58.7 Å². The Kier molecular flexibility index (Phi) is 2.29. The van der Waals surface area contributed by atoms with E-state index in [1.165, 1.54) is 16.8 Å². The molecule has 0 aliphatic heterocycles. The van der Waals surface area contributed by atoms with E-state index in [1.807, 2.05) is 6.07 Å². The average molecular weight is 211 g/mol. The van der Waals surface area contributed by atoms with Gasteiger partial charge in [0, 0.05) is 24.9 Å². The summed E-state index contributed by atoms with van der Waals surface area (Å²) >= 11 is 0. The first-order chi connectivity index (χ1) is 7.69. The van der Waals surface area contributed by atoms with Gasteiger partial charge in [0.2, 0.25) is 0 Å². The summed E-state index contributed by atoms with van der Waals surface area (Å²) in [6.07, 6.45) is 3.06. The molecule has 4 heteroatoms. The van der Waals surface area contributed by atoms with E-state index in [-0.39, 0.29) is 5.56 Å². The van der Waals surface area contributed by atoms with E-state index in [4.69, 9.17) is 5.26 Å². The minimum Gasteiger partial charge on any atom is -0.309 e. The molecule has 0 saturated carbocycles. The van der Waals surface area contributed by atoms with Crippen LogP contribution in [0, 0.1) is 11.3 Å². The molecule has 0 spiro atoms. The van der Waals surface area contributed by atoms with Gasteiger partial charge in [0.1, 0.15) is 6.07 Å². The molecule has 0 saturated heterocycles. The molecule has 0 radical (unpaired) electrons. The molecule has 0 bridgehead atoms. The highest BCUT2D eigenvalue weighted by Gasteiger charge is 2.08. The van der Waals surface area contributed by atoms with Crippen LogP contribution in [0.3, 0.4) is 0 Å². The standard InChI is InChI=1S/C12H9N3O/c1-3-9-8(6-13)7-14-10-4-5-11(16)15(2)12(9)10/h3-5,7H,1H2,2H3. The van der Waals surface area contributed by atoms with Gasteiger partial charge in [-0.15, -0.1) is 0 Å². The van der Waals surface area contributed by atoms with Gasteiger partial charge in [-0.3, -0.25) is 9.78 Å². The molecule has 0 amide bonds. The molecule has 0 aliphatic carbocycles. The van der Waals surface area contributed by atoms with E-state index in [0.717, 1.165) is 0 Å². The zero-order valence-electron chi connectivity index (χ0n) is 8.77. The summed E-state index contributed by atoms with van der Waals surface area (Å²) in [6, 6.07) is 5.13. The molecule has 16 heavy (non-hydrogen) atoms. The molecule has 0 aromatic carbocycles. The van der Waals surface area contributed by atoms with Crippen molar-refractivity contribution in [3.63, 3.8) is 0 Å². The van der Waals surface area contributed by atoms with Gasteiger partial charge in [-0.2, -0.15) is 5.26 Å². The third-order valence-electron chi connectivity index (χ3n) is 2.49. The second kappa shape index (κ2) is 3.63. The number of hydrogen-bond acceptors (Lipinski definition) is 3. The van der Waals surface area contributed by atoms with E-state index < -0.39 is 0 Å². The lowest BCUT2D eigenvalue weighted by molar-refractivity contribution is 0.901. The number of hydrogen-bond donors (Lipinski definition) is 0. The molecule has 4 nitrogen and oxygen atoms in total. The van der Waals surface area contributed by atoms with Crippen LogP contribution in [0.4, 0.5) is 0 Å². The molecule has 0 atom stereocenters. The molecular weight excluding hydrogens is 202 g/mol. The van der Waals surface area contributed by atoms with Gasteiger partial charge in [0.05, 0.1) is 16.6 Å². The Hall–Kier alpha value is -2.41. The van der Waals surface area contributed by atoms with Gasteiger partial charge in [0.25, 0.3) is 5.56 Å². The summed E-state index contributed by atoms with van der Waals surface area (Å²) in [5.41, 5.74) is 2.25. The third kappa shape index (κ3) is 1.30. The Morgan fingerprint density at radius 2 is 2.31 bits per heavy atom. The maximum Gasteiger partial charge on any atom is 0.250 e. The van der Waals surface area contributed by atoms with Gasteiger partial charge < -0.3 is 4.57 Å². The first kappa shape index (κ1) is 10.1. The van der Waals surface area contributed by atoms with Crippen molar-refractivity contribution in [3.8, 4) is 6.07 Å². The van der Waals surface area contributed by atoms with Crippen LogP contribution in [0.2, 0.25) is 0 Å². The highest BCUT2D eigenvalue weighted by Crippen LogP contribution is 2.19. The maximum atomic E-state index is 11.5. The summed E-state index contributed by atoms with van der Waals surface area (Å²) in [4.78, 5) is 15.7. The first-order valence-electron chi connectivity index (χ1n) is 4.70. The Morgan fingerprint density at radius 3 is 2.94 bits per heavy atom. The Balaban J connectivity index is 3.08. The summed E-state index contributed by atoms with van der Waals surface area (Å²) in [5.74, 6) is 0. The second-order valence-corrected chi connectivity index (χ2v) is 3.37. The van der Waals surface area contributed by atoms with Crippen molar-refractivity contribution in [2.45, 2.75) is 0 Å². The van der Waals surface area contributed by atoms with Crippen molar-refractivity contribution in [1.29, 1.82) is 5.26 Å². The zero-order chi connectivity index (χ0) is 11.7. The minimum absolute atomic E-state index is 0.132. The number of aromatic nitrogens is 2. The number of nitriles is 1. The average Bonchev–Trinajstić information content (AvgIpc) is 2.32. The van der Waals surface area contributed by atoms with Crippen LogP contribution in [0.1, 0.15) is 11.1 Å². The third-order valence-corrected chi connectivity index (χ3v) is 2.49. The van der Waals surface area contributed by atoms with Gasteiger partial charge in [0.15, 0.2) is 0 Å². The van der Waals surface area contributed by atoms with Crippen molar-refractivity contribution in [1.82, 2.24) is 9.55 Å². The summed E-state index contributed by atoms with van der Waals surface area (Å²) < 4.78 is 1.47. The Bertz CT molecular complexity index is 677. The predicted molar refractivity (Wildman–Crippen MR) is 61.8 cm³/mol. The summed E-state index contributed by atoms with van der Waals surface area (Å²) in [5, 5.41) is 8.94. The van der Waals surface area contributed by atoms with E-state index in [1.54, 1.807) is 19.2 Å². The van der Waals surface area contributed by atoms with Crippen molar-refractivity contribution < 1.29 is 0 Å². The molecular formula is C12H9N3O. The molecule has 78 valence electrons. The smallest absolute Gasteiger partial charge is 0.250 e. The number of rotatable bonds is 1. The van der Waals surface area contributed by atoms with Gasteiger partial charge >= 0.3 is 0 Å². The highest BCUT2D eigenvalue weighted by atomic mass is 16.1. The lowest BCUT2D eigenvalue weighted by Gasteiger charge is -2.07. The maximum absolute atomic E-state index is 11.5. The van der Waals surface area contributed by atoms with Gasteiger partial charge in [-0.25, -0.2) is 0 Å². The summed E-state index contributed by atoms with van der Waals surface area (Å²) in [7, 11) is 1.65. The predicted octanol–water partition coefficient (Wildman–Crippen LogP) is 1.45. The van der Waals surface area contributed by atoms with Crippen molar-refractivity contribution in [3.05, 3.63) is 46.4 Å². The fraction of sp³-hybridized carbons (Fsp3) is 0.0833. The van der Waals surface area contributed by atoms with E-state index >= 15 is 0 Å². The van der Waals surface area contributed by atoms with Crippen LogP contribution < -0.4 is 5.56 Å². The zero-order valence-corrected chi connectivity index (χ0v) is 8.77. The number of nitrogens with zero attached hydrogens (tertiary/aromatic N) is 3. The van der Waals surface area contributed by atoms with Crippen LogP contribution in [0.15, 0.2) is 29.7 Å². The summed E-state index contributed by atoms with van der Waals surface area (Å²) in [6.45, 7) is 3.67. The number of pyridine rings is 2. The van der Waals surface area contributed by atoms with Gasteiger partial charge in [-0.1, -0.05) is 12.7 Å². The lowest BCUT2D eigenvalue weighted by Crippen LogP contribution is -2.16. The van der Waals surface area contributed by atoms with Crippen LogP contribution in [-0.4, -0.2) is 9.55 Å². The minimum atomic E-state index is -0.132. The SMILES string of the molecule is C=Cc1c(C#N)cnc2ccc(=O)n(C)c12. The van der Waals surface area contributed by atoms with E-state index in [9.17, 15) is 4.79 Å². The lowest BCUT2D eigenvalue weighted by atomic mass is 10.1. The highest BCUT2D eigenvalue weighted by molar-refractivity contribution is 5.86. The van der Waals surface area contributed by atoms with Crippen LogP contribution >= 0.6 is 0 Å². The van der Waals surface area contributed by atoms with Crippen LogP contribution in [0.5, 0.6) is 0 Å². The molecule has 0 fully saturated rings. The largest absolute Gasteiger partial charge is 0.309 e. The number of aryl methyl sites for hydroxylation is 1. The quantitative estimate of drug-likeness (QED) is 0.717. The molecule has 2 rings (SSSR count). The van der Waals surface area contributed by atoms with Crippen LogP contribution in [-0.2, 0) is 7.05 Å². The van der Waals surface area contributed by atoms with Crippen molar-refractivity contribution in [2.75, 3.05) is 0 Å². The monoisotopic (exact) mass is 211 g/mol. The number of fused-ring (bicyclic) bond motifs is 1. The molecule has 0 unspecified atom stereocenters.